The molecule has 1 heterocycles. The highest BCUT2D eigenvalue weighted by atomic mass is 16.4. The van der Waals surface area contributed by atoms with Crippen LogP contribution in [-0.2, 0) is 0 Å². The first-order valence-corrected chi connectivity index (χ1v) is 9.66. The molecule has 4 rings (SSSR count). The molecule has 3 aromatic carbocycles. The molecule has 0 spiro atoms. The maximum atomic E-state index is 12.1. The molecular formula is C26H19NO4. The van der Waals surface area contributed by atoms with Crippen molar-refractivity contribution in [2.24, 2.45) is 0 Å². The second-order valence-electron chi connectivity index (χ2n) is 6.94. The van der Waals surface area contributed by atoms with E-state index in [4.69, 9.17) is 0 Å². The molecule has 5 nitrogen and oxygen atoms in total. The number of hydrogen-bond acceptors (Lipinski definition) is 2. The number of carboxylic acids is 2. The smallest absolute Gasteiger partial charge is 0.337 e. The summed E-state index contributed by atoms with van der Waals surface area (Å²) in [5, 5.41) is 19.3. The summed E-state index contributed by atoms with van der Waals surface area (Å²) in [5.74, 6) is -2.10. The SMILES string of the molecule is O=C(O)c1cccc(-n2c(C=Cc3ccccc3)cc(C(=O)O)c2-c2ccccc2)c1. The molecular weight excluding hydrogens is 390 g/mol. The van der Waals surface area contributed by atoms with Gasteiger partial charge in [0, 0.05) is 11.4 Å². The van der Waals surface area contributed by atoms with Gasteiger partial charge in [0.25, 0.3) is 0 Å². The summed E-state index contributed by atoms with van der Waals surface area (Å²) in [6, 6.07) is 27.0. The fourth-order valence-corrected chi connectivity index (χ4v) is 3.50. The monoisotopic (exact) mass is 409 g/mol. The van der Waals surface area contributed by atoms with E-state index in [1.807, 2.05) is 72.8 Å². The van der Waals surface area contributed by atoms with Gasteiger partial charge in [-0.1, -0.05) is 72.8 Å². The van der Waals surface area contributed by atoms with Gasteiger partial charge in [0.1, 0.15) is 0 Å². The molecule has 0 amide bonds. The van der Waals surface area contributed by atoms with Crippen molar-refractivity contribution in [2.75, 3.05) is 0 Å². The van der Waals surface area contributed by atoms with E-state index in [1.54, 1.807) is 28.8 Å². The summed E-state index contributed by atoms with van der Waals surface area (Å²) in [6.45, 7) is 0. The van der Waals surface area contributed by atoms with E-state index in [9.17, 15) is 19.8 Å². The number of rotatable bonds is 6. The first kappa shape index (κ1) is 19.9. The van der Waals surface area contributed by atoms with Crippen molar-refractivity contribution in [1.29, 1.82) is 0 Å². The van der Waals surface area contributed by atoms with Crippen molar-refractivity contribution < 1.29 is 19.8 Å². The van der Waals surface area contributed by atoms with E-state index >= 15 is 0 Å². The molecule has 0 saturated carbocycles. The van der Waals surface area contributed by atoms with Gasteiger partial charge in [0.2, 0.25) is 0 Å². The van der Waals surface area contributed by atoms with Gasteiger partial charge in [-0.2, -0.15) is 0 Å². The summed E-state index contributed by atoms with van der Waals surface area (Å²) in [5.41, 5.74) is 3.64. The lowest BCUT2D eigenvalue weighted by Crippen LogP contribution is -2.05. The van der Waals surface area contributed by atoms with Crippen LogP contribution in [0.5, 0.6) is 0 Å². The Labute approximate surface area is 179 Å². The van der Waals surface area contributed by atoms with Crippen LogP contribution < -0.4 is 0 Å². The van der Waals surface area contributed by atoms with Crippen molar-refractivity contribution in [2.45, 2.75) is 0 Å². The van der Waals surface area contributed by atoms with Crippen LogP contribution in [0.25, 0.3) is 29.1 Å². The molecule has 0 unspecified atom stereocenters. The largest absolute Gasteiger partial charge is 0.478 e. The molecule has 0 aliphatic rings. The van der Waals surface area contributed by atoms with Crippen LogP contribution in [-0.4, -0.2) is 26.7 Å². The van der Waals surface area contributed by atoms with Gasteiger partial charge in [-0.05, 0) is 41.5 Å². The topological polar surface area (TPSA) is 79.5 Å². The van der Waals surface area contributed by atoms with Crippen LogP contribution in [0.15, 0.2) is 91.0 Å². The number of benzene rings is 3. The molecule has 0 fully saturated rings. The van der Waals surface area contributed by atoms with Crippen LogP contribution in [0, 0.1) is 0 Å². The first-order chi connectivity index (χ1) is 15.0. The Hall–Kier alpha value is -4.38. The number of aromatic nitrogens is 1. The molecule has 31 heavy (non-hydrogen) atoms. The average molecular weight is 409 g/mol. The summed E-state index contributed by atoms with van der Waals surface area (Å²) < 4.78 is 1.78. The van der Waals surface area contributed by atoms with E-state index in [2.05, 4.69) is 0 Å². The zero-order valence-electron chi connectivity index (χ0n) is 16.5. The summed E-state index contributed by atoms with van der Waals surface area (Å²) >= 11 is 0. The van der Waals surface area contributed by atoms with E-state index in [0.29, 0.717) is 17.1 Å². The van der Waals surface area contributed by atoms with Crippen LogP contribution in [0.3, 0.4) is 0 Å². The Kier molecular flexibility index (Phi) is 5.49. The lowest BCUT2D eigenvalue weighted by atomic mass is 10.1. The molecule has 0 aliphatic carbocycles. The zero-order chi connectivity index (χ0) is 21.8. The van der Waals surface area contributed by atoms with Crippen molar-refractivity contribution >= 4 is 24.1 Å². The predicted octanol–water partition coefficient (Wildman–Crippen LogP) is 5.71. The Morgan fingerprint density at radius 1 is 0.710 bits per heavy atom. The number of carbonyl (C=O) groups is 2. The van der Waals surface area contributed by atoms with E-state index in [-0.39, 0.29) is 11.1 Å². The first-order valence-electron chi connectivity index (χ1n) is 9.66. The minimum atomic E-state index is -1.05. The van der Waals surface area contributed by atoms with E-state index in [0.717, 1.165) is 11.1 Å². The van der Waals surface area contributed by atoms with Crippen molar-refractivity contribution in [3.63, 3.8) is 0 Å². The predicted molar refractivity (Wildman–Crippen MR) is 120 cm³/mol. The van der Waals surface area contributed by atoms with Gasteiger partial charge in [0.05, 0.1) is 16.8 Å². The number of aromatic carboxylic acids is 2. The quantitative estimate of drug-likeness (QED) is 0.427. The Balaban J connectivity index is 1.99. The molecule has 0 atom stereocenters. The maximum Gasteiger partial charge on any atom is 0.337 e. The third-order valence-electron chi connectivity index (χ3n) is 4.90. The van der Waals surface area contributed by atoms with E-state index < -0.39 is 11.9 Å². The standard InChI is InChI=1S/C26H19NO4/c28-25(29)20-12-7-13-21(16-20)27-22(15-14-18-8-3-1-4-9-18)17-23(26(30)31)24(27)19-10-5-2-6-11-19/h1-17H,(H,28,29)(H,30,31). The molecule has 0 aliphatic heterocycles. The molecule has 2 N–H and O–H groups in total. The average Bonchev–Trinajstić information content (AvgIpc) is 3.19. The Morgan fingerprint density at radius 3 is 2.03 bits per heavy atom. The zero-order valence-corrected chi connectivity index (χ0v) is 16.5. The number of nitrogens with zero attached hydrogens (tertiary/aromatic N) is 1. The minimum Gasteiger partial charge on any atom is -0.478 e. The third-order valence-corrected chi connectivity index (χ3v) is 4.90. The number of hydrogen-bond donors (Lipinski definition) is 2. The highest BCUT2D eigenvalue weighted by Gasteiger charge is 2.22. The van der Waals surface area contributed by atoms with E-state index in [1.165, 1.54) is 6.07 Å². The second-order valence-corrected chi connectivity index (χ2v) is 6.94. The molecule has 1 aromatic heterocycles. The third kappa shape index (κ3) is 4.16. The molecule has 0 radical (unpaired) electrons. The highest BCUT2D eigenvalue weighted by molar-refractivity contribution is 5.97. The molecule has 152 valence electrons. The fraction of sp³-hybridized carbons (Fsp3) is 0. The fourth-order valence-electron chi connectivity index (χ4n) is 3.50. The molecule has 0 bridgehead atoms. The Bertz CT molecular complexity index is 1270. The van der Waals surface area contributed by atoms with Crippen molar-refractivity contribution in [3.8, 4) is 16.9 Å². The van der Waals surface area contributed by atoms with Crippen LogP contribution >= 0.6 is 0 Å². The second kappa shape index (κ2) is 8.55. The van der Waals surface area contributed by atoms with Crippen molar-refractivity contribution in [1.82, 2.24) is 4.57 Å². The summed E-state index contributed by atoms with van der Waals surface area (Å²) in [6.07, 6.45) is 3.73. The molecule has 4 aromatic rings. The normalized spacial score (nSPS) is 11.0. The Morgan fingerprint density at radius 2 is 1.39 bits per heavy atom. The van der Waals surface area contributed by atoms with Crippen LogP contribution in [0.4, 0.5) is 0 Å². The highest BCUT2D eigenvalue weighted by Crippen LogP contribution is 2.32. The van der Waals surface area contributed by atoms with Gasteiger partial charge in [-0.15, -0.1) is 0 Å². The number of carboxylic acid groups (broad SMARTS) is 2. The molecule has 0 saturated heterocycles. The molecule has 5 heteroatoms. The van der Waals surface area contributed by atoms with Gasteiger partial charge >= 0.3 is 11.9 Å². The summed E-state index contributed by atoms with van der Waals surface area (Å²) in [7, 11) is 0. The van der Waals surface area contributed by atoms with Crippen LogP contribution in [0.1, 0.15) is 32.0 Å². The van der Waals surface area contributed by atoms with Crippen LogP contribution in [0.2, 0.25) is 0 Å². The summed E-state index contributed by atoms with van der Waals surface area (Å²) in [4.78, 5) is 23.6. The van der Waals surface area contributed by atoms with Gasteiger partial charge in [-0.25, -0.2) is 9.59 Å². The van der Waals surface area contributed by atoms with Crippen molar-refractivity contribution in [3.05, 3.63) is 113 Å². The lowest BCUT2D eigenvalue weighted by molar-refractivity contribution is 0.0686. The minimum absolute atomic E-state index is 0.125. The van der Waals surface area contributed by atoms with Gasteiger partial charge < -0.3 is 14.8 Å². The van der Waals surface area contributed by atoms with Gasteiger partial charge in [0.15, 0.2) is 0 Å². The van der Waals surface area contributed by atoms with Gasteiger partial charge in [-0.3, -0.25) is 0 Å². The lowest BCUT2D eigenvalue weighted by Gasteiger charge is -2.14. The maximum absolute atomic E-state index is 12.1.